The van der Waals surface area contributed by atoms with Crippen LogP contribution in [0.25, 0.3) is 11.5 Å². The van der Waals surface area contributed by atoms with Gasteiger partial charge in [0.15, 0.2) is 0 Å². The van der Waals surface area contributed by atoms with Crippen molar-refractivity contribution in [3.05, 3.63) is 24.3 Å². The van der Waals surface area contributed by atoms with Gasteiger partial charge < -0.3 is 14.1 Å². The molecule has 18 heavy (non-hydrogen) atoms. The Labute approximate surface area is 107 Å². The molecule has 6 heteroatoms. The van der Waals surface area contributed by atoms with Crippen LogP contribution in [0.15, 0.2) is 28.7 Å². The smallest absolute Gasteiger partial charge is 0.307 e. The van der Waals surface area contributed by atoms with Gasteiger partial charge in [0.05, 0.1) is 7.11 Å². The Morgan fingerprint density at radius 2 is 1.78 bits per heavy atom. The molecule has 0 aliphatic rings. The van der Waals surface area contributed by atoms with Crippen LogP contribution in [0.5, 0.6) is 5.75 Å². The van der Waals surface area contributed by atoms with Crippen LogP contribution < -0.4 is 9.72 Å². The van der Waals surface area contributed by atoms with Crippen LogP contribution in [0, 0.1) is 0 Å². The Morgan fingerprint density at radius 3 is 2.33 bits per heavy atom. The first-order valence-electron chi connectivity index (χ1n) is 5.74. The molecule has 2 rings (SSSR count). The topological polar surface area (TPSA) is 60.2 Å². The van der Waals surface area contributed by atoms with Gasteiger partial charge in [0, 0.05) is 5.56 Å². The molecule has 2 aromatic rings. The molecule has 1 aromatic heterocycles. The fourth-order valence-electron chi connectivity index (χ4n) is 1.44. The van der Waals surface area contributed by atoms with Crippen molar-refractivity contribution in [2.24, 2.45) is 0 Å². The van der Waals surface area contributed by atoms with Crippen LogP contribution >= 0.6 is 0 Å². The van der Waals surface area contributed by atoms with Crippen molar-refractivity contribution in [1.29, 1.82) is 0 Å². The number of hydrogen-bond acceptors (Lipinski definition) is 5. The Kier molecular flexibility index (Phi) is 3.38. The summed E-state index contributed by atoms with van der Waals surface area (Å²) in [6.45, 7) is 6.51. The largest absolute Gasteiger partial charge is 0.497 e. The maximum Gasteiger partial charge on any atom is 0.307 e. The summed E-state index contributed by atoms with van der Waals surface area (Å²) in [4.78, 5) is 3.27. The molecule has 96 valence electrons. The van der Waals surface area contributed by atoms with Gasteiger partial charge in [-0.15, -0.1) is 5.10 Å². The van der Waals surface area contributed by atoms with E-state index in [9.17, 15) is 0 Å². The molecule has 1 aromatic carbocycles. The average molecular weight is 263 g/mol. The number of benzene rings is 1. The number of aromatic nitrogens is 2. The van der Waals surface area contributed by atoms with Gasteiger partial charge in [0.2, 0.25) is 5.89 Å². The zero-order valence-electron chi connectivity index (χ0n) is 11.0. The van der Waals surface area contributed by atoms with E-state index in [1.807, 2.05) is 24.3 Å². The maximum atomic E-state index is 5.58. The third kappa shape index (κ3) is 3.10. The quantitative estimate of drug-likeness (QED) is 0.859. The van der Waals surface area contributed by atoms with Gasteiger partial charge >= 0.3 is 6.01 Å². The number of nitrogens with zero attached hydrogens (tertiary/aromatic N) is 2. The van der Waals surface area contributed by atoms with Gasteiger partial charge in [0.25, 0.3) is 0 Å². The highest BCUT2D eigenvalue weighted by molar-refractivity contribution is 6.78. The summed E-state index contributed by atoms with van der Waals surface area (Å²) < 4.78 is 10.7. The normalized spacial score (nSPS) is 11.3. The molecular formula is C12H17N3O2Si. The number of hydrogen-bond donors (Lipinski definition) is 1. The molecule has 0 aliphatic carbocycles. The van der Waals surface area contributed by atoms with Crippen molar-refractivity contribution in [1.82, 2.24) is 10.2 Å². The molecule has 1 N–H and O–H groups in total. The van der Waals surface area contributed by atoms with Gasteiger partial charge in [-0.05, 0) is 24.3 Å². The summed E-state index contributed by atoms with van der Waals surface area (Å²) >= 11 is 0. The molecule has 0 amide bonds. The van der Waals surface area contributed by atoms with Gasteiger partial charge in [-0.3, -0.25) is 0 Å². The van der Waals surface area contributed by atoms with E-state index >= 15 is 0 Å². The Hall–Kier alpha value is -1.82. The van der Waals surface area contributed by atoms with Crippen molar-refractivity contribution in [2.75, 3.05) is 12.1 Å². The fraction of sp³-hybridized carbons (Fsp3) is 0.333. The molecule has 0 spiro atoms. The summed E-state index contributed by atoms with van der Waals surface area (Å²) in [5.41, 5.74) is 0.881. The highest BCUT2D eigenvalue weighted by Crippen LogP contribution is 2.23. The lowest BCUT2D eigenvalue weighted by Crippen LogP contribution is -2.32. The lowest BCUT2D eigenvalue weighted by molar-refractivity contribution is 0.415. The SMILES string of the molecule is COc1ccc(-c2nnc(N[Si](C)(C)C)o2)cc1. The van der Waals surface area contributed by atoms with Crippen LogP contribution in [-0.2, 0) is 0 Å². The van der Waals surface area contributed by atoms with E-state index in [2.05, 4.69) is 34.8 Å². The van der Waals surface area contributed by atoms with Crippen molar-refractivity contribution < 1.29 is 9.15 Å². The Morgan fingerprint density at radius 1 is 1.11 bits per heavy atom. The fourth-order valence-corrected chi connectivity index (χ4v) is 2.19. The number of rotatable bonds is 4. The van der Waals surface area contributed by atoms with Crippen molar-refractivity contribution in [3.63, 3.8) is 0 Å². The molecule has 0 aliphatic heterocycles. The maximum absolute atomic E-state index is 5.58. The lowest BCUT2D eigenvalue weighted by atomic mass is 10.2. The van der Waals surface area contributed by atoms with Gasteiger partial charge in [-0.25, -0.2) is 0 Å². The van der Waals surface area contributed by atoms with Crippen molar-refractivity contribution in [3.8, 4) is 17.2 Å². The highest BCUT2D eigenvalue weighted by atomic mass is 28.3. The van der Waals surface area contributed by atoms with E-state index in [0.29, 0.717) is 11.9 Å². The minimum Gasteiger partial charge on any atom is -0.497 e. The Bertz CT molecular complexity index is 517. The minimum absolute atomic E-state index is 0.486. The standard InChI is InChI=1S/C12H17N3O2Si/c1-16-10-7-5-9(6-8-10)11-13-14-12(17-11)15-18(2,3)4/h5-8H,1-4H3,(H,14,15). The average Bonchev–Trinajstić information content (AvgIpc) is 2.75. The Balaban J connectivity index is 2.18. The van der Waals surface area contributed by atoms with Crippen LogP contribution in [0.4, 0.5) is 6.01 Å². The van der Waals surface area contributed by atoms with E-state index in [0.717, 1.165) is 11.3 Å². The molecule has 0 atom stereocenters. The summed E-state index contributed by atoms with van der Waals surface area (Å²) in [6, 6.07) is 8.01. The van der Waals surface area contributed by atoms with Gasteiger partial charge in [-0.1, -0.05) is 24.7 Å². The molecule has 1 heterocycles. The molecule has 0 radical (unpaired) electrons. The second-order valence-corrected chi connectivity index (χ2v) is 9.77. The number of ether oxygens (including phenoxy) is 1. The minimum atomic E-state index is -1.47. The zero-order chi connectivity index (χ0) is 13.2. The van der Waals surface area contributed by atoms with Crippen molar-refractivity contribution in [2.45, 2.75) is 19.6 Å². The summed E-state index contributed by atoms with van der Waals surface area (Å²) in [5, 5.41) is 8.02. The third-order valence-corrected chi connectivity index (χ3v) is 3.21. The van der Waals surface area contributed by atoms with Crippen LogP contribution in [0.1, 0.15) is 0 Å². The monoisotopic (exact) mass is 263 g/mol. The molecule has 0 unspecified atom stereocenters. The number of nitrogens with one attached hydrogen (secondary N) is 1. The zero-order valence-corrected chi connectivity index (χ0v) is 12.0. The van der Waals surface area contributed by atoms with E-state index in [4.69, 9.17) is 9.15 Å². The predicted octanol–water partition coefficient (Wildman–Crippen LogP) is 2.99. The third-order valence-electron chi connectivity index (χ3n) is 2.24. The molecule has 5 nitrogen and oxygen atoms in total. The molecule has 0 saturated carbocycles. The molecular weight excluding hydrogens is 246 g/mol. The predicted molar refractivity (Wildman–Crippen MR) is 73.3 cm³/mol. The second kappa shape index (κ2) is 4.81. The first kappa shape index (κ1) is 12.6. The summed E-state index contributed by atoms with van der Waals surface area (Å²) in [7, 11) is 0.170. The summed E-state index contributed by atoms with van der Waals surface area (Å²) in [6.07, 6.45) is 0. The van der Waals surface area contributed by atoms with Crippen molar-refractivity contribution >= 4 is 14.3 Å². The van der Waals surface area contributed by atoms with Crippen LogP contribution in [-0.4, -0.2) is 25.5 Å². The second-order valence-electron chi connectivity index (χ2n) is 5.02. The van der Waals surface area contributed by atoms with Gasteiger partial charge in [-0.2, -0.15) is 0 Å². The molecule has 0 saturated heterocycles. The first-order chi connectivity index (χ1) is 8.48. The van der Waals surface area contributed by atoms with E-state index in [-0.39, 0.29) is 0 Å². The summed E-state index contributed by atoms with van der Waals surface area (Å²) in [5.74, 6) is 1.32. The van der Waals surface area contributed by atoms with E-state index in [1.165, 1.54) is 0 Å². The van der Waals surface area contributed by atoms with Gasteiger partial charge in [0.1, 0.15) is 14.0 Å². The van der Waals surface area contributed by atoms with E-state index in [1.54, 1.807) is 7.11 Å². The highest BCUT2D eigenvalue weighted by Gasteiger charge is 2.17. The molecule has 0 fully saturated rings. The number of methoxy groups -OCH3 is 1. The van der Waals surface area contributed by atoms with Crippen LogP contribution in [0.3, 0.4) is 0 Å². The van der Waals surface area contributed by atoms with Crippen LogP contribution in [0.2, 0.25) is 19.6 Å². The number of anilines is 1. The first-order valence-corrected chi connectivity index (χ1v) is 9.24. The van der Waals surface area contributed by atoms with E-state index < -0.39 is 8.24 Å². The lowest BCUT2D eigenvalue weighted by Gasteiger charge is -2.14. The molecule has 0 bridgehead atoms.